The zero-order valence-electron chi connectivity index (χ0n) is 15.4. The van der Waals surface area contributed by atoms with Gasteiger partial charge in [-0.05, 0) is 51.3 Å². The lowest BCUT2D eigenvalue weighted by atomic mass is 9.76. The molecule has 3 amide bonds. The maximum atomic E-state index is 12.5. The number of carbonyl (C=O) groups is 2. The van der Waals surface area contributed by atoms with Crippen molar-refractivity contribution in [1.29, 1.82) is 0 Å². The first-order valence-corrected chi connectivity index (χ1v) is 8.90. The van der Waals surface area contributed by atoms with Crippen LogP contribution in [0.15, 0.2) is 30.5 Å². The molecule has 3 rings (SSSR count). The van der Waals surface area contributed by atoms with Crippen LogP contribution in [-0.2, 0) is 5.54 Å². The molecule has 1 heterocycles. The Morgan fingerprint density at radius 2 is 2.12 bits per heavy atom. The SMILES string of the molecule is CCN(C)C(=O)c1cccc(NC(=O)NC2(c3ncc(C)[nH]3)CCC2)c1. The second-order valence-corrected chi connectivity index (χ2v) is 6.83. The number of imidazole rings is 1. The number of carbonyl (C=O) groups excluding carboxylic acids is 2. The summed E-state index contributed by atoms with van der Waals surface area (Å²) >= 11 is 0. The molecule has 0 atom stereocenters. The van der Waals surface area contributed by atoms with E-state index in [0.717, 1.165) is 30.8 Å². The Morgan fingerprint density at radius 3 is 2.69 bits per heavy atom. The molecule has 0 unspecified atom stereocenters. The van der Waals surface area contributed by atoms with Gasteiger partial charge in [-0.3, -0.25) is 4.79 Å². The predicted octanol–water partition coefficient (Wildman–Crippen LogP) is 3.01. The average Bonchev–Trinajstić information content (AvgIpc) is 3.03. The summed E-state index contributed by atoms with van der Waals surface area (Å²) in [5.74, 6) is 0.725. The number of aromatic nitrogens is 2. The van der Waals surface area contributed by atoms with Crippen LogP contribution in [0, 0.1) is 6.92 Å². The Balaban J connectivity index is 1.69. The summed E-state index contributed by atoms with van der Waals surface area (Å²) in [4.78, 5) is 34.0. The van der Waals surface area contributed by atoms with E-state index >= 15 is 0 Å². The number of anilines is 1. The standard InChI is InChI=1S/C19H25N5O2/c1-4-24(3)16(25)14-7-5-8-15(11-14)22-18(26)23-19(9-6-10-19)17-20-12-13(2)21-17/h5,7-8,11-12H,4,6,9-10H2,1-3H3,(H,20,21)(H2,22,23,26). The molecule has 1 aliphatic rings. The van der Waals surface area contributed by atoms with Crippen LogP contribution in [0.2, 0.25) is 0 Å². The Morgan fingerprint density at radius 1 is 1.35 bits per heavy atom. The third-order valence-electron chi connectivity index (χ3n) is 4.90. The number of urea groups is 1. The molecule has 1 saturated carbocycles. The Bertz CT molecular complexity index is 810. The highest BCUT2D eigenvalue weighted by atomic mass is 16.2. The van der Waals surface area contributed by atoms with Crippen molar-refractivity contribution in [1.82, 2.24) is 20.2 Å². The first kappa shape index (κ1) is 18.0. The van der Waals surface area contributed by atoms with Gasteiger partial charge in [0.1, 0.15) is 5.82 Å². The highest BCUT2D eigenvalue weighted by Crippen LogP contribution is 2.39. The molecule has 1 aromatic heterocycles. The van der Waals surface area contributed by atoms with Crippen LogP contribution in [0.25, 0.3) is 0 Å². The molecular formula is C19H25N5O2. The summed E-state index contributed by atoms with van der Waals surface area (Å²) in [7, 11) is 1.75. The minimum atomic E-state index is -0.436. The van der Waals surface area contributed by atoms with Crippen LogP contribution < -0.4 is 10.6 Å². The van der Waals surface area contributed by atoms with Gasteiger partial charge in [-0.1, -0.05) is 6.07 Å². The molecule has 0 bridgehead atoms. The predicted molar refractivity (Wildman–Crippen MR) is 100 cm³/mol. The largest absolute Gasteiger partial charge is 0.344 e. The van der Waals surface area contributed by atoms with Crippen molar-refractivity contribution in [2.24, 2.45) is 0 Å². The number of amides is 3. The molecule has 26 heavy (non-hydrogen) atoms. The topological polar surface area (TPSA) is 90.1 Å². The highest BCUT2D eigenvalue weighted by molar-refractivity contribution is 5.96. The first-order chi connectivity index (χ1) is 12.4. The lowest BCUT2D eigenvalue weighted by Gasteiger charge is -2.40. The molecule has 1 aromatic carbocycles. The molecule has 1 fully saturated rings. The molecule has 3 N–H and O–H groups in total. The normalized spacial score (nSPS) is 15.0. The molecule has 0 aliphatic heterocycles. The molecule has 0 saturated heterocycles. The number of aromatic amines is 1. The van der Waals surface area contributed by atoms with Crippen molar-refractivity contribution in [3.63, 3.8) is 0 Å². The number of nitrogens with zero attached hydrogens (tertiary/aromatic N) is 2. The average molecular weight is 355 g/mol. The van der Waals surface area contributed by atoms with Gasteiger partial charge in [-0.15, -0.1) is 0 Å². The number of hydrogen-bond acceptors (Lipinski definition) is 3. The summed E-state index contributed by atoms with van der Waals surface area (Å²) in [5.41, 5.74) is 1.67. The monoisotopic (exact) mass is 355 g/mol. The fraction of sp³-hybridized carbons (Fsp3) is 0.421. The molecular weight excluding hydrogens is 330 g/mol. The number of H-pyrrole nitrogens is 1. The summed E-state index contributed by atoms with van der Waals surface area (Å²) in [6, 6.07) is 6.68. The van der Waals surface area contributed by atoms with Gasteiger partial charge in [0.2, 0.25) is 0 Å². The van der Waals surface area contributed by atoms with Gasteiger partial charge < -0.3 is 20.5 Å². The van der Waals surface area contributed by atoms with E-state index in [4.69, 9.17) is 0 Å². The van der Waals surface area contributed by atoms with E-state index in [2.05, 4.69) is 20.6 Å². The van der Waals surface area contributed by atoms with E-state index in [0.29, 0.717) is 17.8 Å². The van der Waals surface area contributed by atoms with Crippen LogP contribution in [-0.4, -0.2) is 40.4 Å². The quantitative estimate of drug-likeness (QED) is 0.770. The van der Waals surface area contributed by atoms with Gasteiger partial charge in [0.25, 0.3) is 5.91 Å². The van der Waals surface area contributed by atoms with Crippen LogP contribution in [0.1, 0.15) is 48.1 Å². The van der Waals surface area contributed by atoms with Crippen LogP contribution in [0.3, 0.4) is 0 Å². The van der Waals surface area contributed by atoms with Gasteiger partial charge in [0.15, 0.2) is 0 Å². The minimum Gasteiger partial charge on any atom is -0.344 e. The Labute approximate surface area is 153 Å². The fourth-order valence-electron chi connectivity index (χ4n) is 3.08. The van der Waals surface area contributed by atoms with Gasteiger partial charge in [0.05, 0.1) is 5.54 Å². The Hall–Kier alpha value is -2.83. The zero-order valence-corrected chi connectivity index (χ0v) is 15.4. The van der Waals surface area contributed by atoms with Crippen molar-refractivity contribution in [3.8, 4) is 0 Å². The second kappa shape index (κ2) is 7.19. The van der Waals surface area contributed by atoms with Crippen molar-refractivity contribution in [2.45, 2.75) is 38.6 Å². The number of hydrogen-bond donors (Lipinski definition) is 3. The van der Waals surface area contributed by atoms with Crippen molar-refractivity contribution in [2.75, 3.05) is 18.9 Å². The summed E-state index contributed by atoms with van der Waals surface area (Å²) in [6.07, 6.45) is 4.53. The number of aryl methyl sites for hydroxylation is 1. The lowest BCUT2D eigenvalue weighted by Crippen LogP contribution is -2.52. The first-order valence-electron chi connectivity index (χ1n) is 8.90. The summed E-state index contributed by atoms with van der Waals surface area (Å²) < 4.78 is 0. The Kier molecular flexibility index (Phi) is 4.97. The lowest BCUT2D eigenvalue weighted by molar-refractivity contribution is 0.0802. The van der Waals surface area contributed by atoms with E-state index in [1.165, 1.54) is 0 Å². The third kappa shape index (κ3) is 3.56. The van der Waals surface area contributed by atoms with E-state index in [-0.39, 0.29) is 11.9 Å². The molecule has 0 spiro atoms. The van der Waals surface area contributed by atoms with E-state index < -0.39 is 5.54 Å². The van der Waals surface area contributed by atoms with Crippen molar-refractivity contribution in [3.05, 3.63) is 47.5 Å². The minimum absolute atomic E-state index is 0.0712. The zero-order chi connectivity index (χ0) is 18.7. The van der Waals surface area contributed by atoms with Gasteiger partial charge >= 0.3 is 6.03 Å². The van der Waals surface area contributed by atoms with Crippen LogP contribution >= 0.6 is 0 Å². The molecule has 138 valence electrons. The van der Waals surface area contributed by atoms with Crippen LogP contribution in [0.5, 0.6) is 0 Å². The van der Waals surface area contributed by atoms with E-state index in [1.54, 1.807) is 42.4 Å². The summed E-state index contributed by atoms with van der Waals surface area (Å²) in [5, 5.41) is 5.88. The number of nitrogens with one attached hydrogen (secondary N) is 3. The summed E-state index contributed by atoms with van der Waals surface area (Å²) in [6.45, 7) is 4.49. The smallest absolute Gasteiger partial charge is 0.320 e. The van der Waals surface area contributed by atoms with Gasteiger partial charge in [0, 0.05) is 36.7 Å². The molecule has 7 heteroatoms. The fourth-order valence-corrected chi connectivity index (χ4v) is 3.08. The molecule has 2 aromatic rings. The molecule has 7 nitrogen and oxygen atoms in total. The van der Waals surface area contributed by atoms with Crippen LogP contribution in [0.4, 0.5) is 10.5 Å². The van der Waals surface area contributed by atoms with Crippen molar-refractivity contribution < 1.29 is 9.59 Å². The van der Waals surface area contributed by atoms with Gasteiger partial charge in [-0.25, -0.2) is 9.78 Å². The van der Waals surface area contributed by atoms with Crippen molar-refractivity contribution >= 4 is 17.6 Å². The van der Waals surface area contributed by atoms with E-state index in [9.17, 15) is 9.59 Å². The van der Waals surface area contributed by atoms with Gasteiger partial charge in [-0.2, -0.15) is 0 Å². The maximum Gasteiger partial charge on any atom is 0.320 e. The maximum absolute atomic E-state index is 12.5. The highest BCUT2D eigenvalue weighted by Gasteiger charge is 2.42. The second-order valence-electron chi connectivity index (χ2n) is 6.83. The number of benzene rings is 1. The third-order valence-corrected chi connectivity index (χ3v) is 4.90. The molecule has 0 radical (unpaired) electrons. The molecule has 1 aliphatic carbocycles. The number of rotatable bonds is 5. The van der Waals surface area contributed by atoms with E-state index in [1.807, 2.05) is 13.8 Å².